The molecule has 0 atom stereocenters. The van der Waals surface area contributed by atoms with E-state index in [0.29, 0.717) is 35.5 Å². The van der Waals surface area contributed by atoms with Crippen LogP contribution in [0.5, 0.6) is 11.5 Å². The van der Waals surface area contributed by atoms with Gasteiger partial charge in [0.05, 0.1) is 7.11 Å². The first-order valence-corrected chi connectivity index (χ1v) is 8.23. The zero-order valence-corrected chi connectivity index (χ0v) is 15.2. The highest BCUT2D eigenvalue weighted by Crippen LogP contribution is 2.42. The number of cyclic esters (lactones) is 1. The first kappa shape index (κ1) is 19.4. The maximum atomic E-state index is 12.2. The molecular formula is C20H22O6. The van der Waals surface area contributed by atoms with Crippen LogP contribution in [0.3, 0.4) is 0 Å². The van der Waals surface area contributed by atoms with Crippen LogP contribution in [0.4, 0.5) is 0 Å². The quantitative estimate of drug-likeness (QED) is 0.437. The van der Waals surface area contributed by atoms with Crippen molar-refractivity contribution in [1.29, 1.82) is 0 Å². The standard InChI is InChI=1S/C20H22O6/c1-5-10-25-19-14(8-6-12(2)7-9-16(21)22)18(24-4)13(3)15-11-26-20(23)17(15)19/h1,6H,7-11H2,2-4H3,(H,21,22)/b12-6+. The highest BCUT2D eigenvalue weighted by molar-refractivity contribution is 5.98. The summed E-state index contributed by atoms with van der Waals surface area (Å²) in [5.74, 6) is 2.12. The Morgan fingerprint density at radius 3 is 2.73 bits per heavy atom. The molecule has 0 saturated carbocycles. The fourth-order valence-electron chi connectivity index (χ4n) is 2.97. The Hall–Kier alpha value is -2.94. The molecule has 0 radical (unpaired) electrons. The second-order valence-electron chi connectivity index (χ2n) is 6.04. The van der Waals surface area contributed by atoms with Gasteiger partial charge in [0.1, 0.15) is 30.3 Å². The number of hydrogen-bond donors (Lipinski definition) is 1. The minimum atomic E-state index is -0.843. The van der Waals surface area contributed by atoms with Gasteiger partial charge in [0, 0.05) is 17.5 Å². The van der Waals surface area contributed by atoms with E-state index in [-0.39, 0.29) is 19.6 Å². The van der Waals surface area contributed by atoms with E-state index in [4.69, 9.17) is 25.7 Å². The molecule has 1 heterocycles. The van der Waals surface area contributed by atoms with Crippen molar-refractivity contribution in [2.45, 2.75) is 39.7 Å². The van der Waals surface area contributed by atoms with Gasteiger partial charge in [-0.05, 0) is 32.3 Å². The number of terminal acetylenes is 1. The molecule has 2 rings (SSSR count). The van der Waals surface area contributed by atoms with Crippen LogP contribution in [0, 0.1) is 19.3 Å². The average molecular weight is 358 g/mol. The number of carbonyl (C=O) groups is 2. The van der Waals surface area contributed by atoms with Crippen molar-refractivity contribution >= 4 is 11.9 Å². The SMILES string of the molecule is C#CCOc1c(C/C=C(\C)CCC(=O)O)c(OC)c(C)c2c1C(=O)OC2. The number of benzene rings is 1. The number of aliphatic carboxylic acids is 1. The fourth-order valence-corrected chi connectivity index (χ4v) is 2.97. The van der Waals surface area contributed by atoms with E-state index in [0.717, 1.165) is 16.7 Å². The molecule has 0 aliphatic carbocycles. The number of hydrogen-bond acceptors (Lipinski definition) is 5. The van der Waals surface area contributed by atoms with Gasteiger partial charge in [0.2, 0.25) is 0 Å². The zero-order valence-electron chi connectivity index (χ0n) is 15.2. The predicted molar refractivity (Wildman–Crippen MR) is 95.5 cm³/mol. The van der Waals surface area contributed by atoms with Crippen LogP contribution in [0.1, 0.15) is 46.8 Å². The van der Waals surface area contributed by atoms with E-state index in [1.54, 1.807) is 7.11 Å². The van der Waals surface area contributed by atoms with Crippen LogP contribution in [0.15, 0.2) is 11.6 Å². The monoisotopic (exact) mass is 358 g/mol. The van der Waals surface area contributed by atoms with Gasteiger partial charge < -0.3 is 19.3 Å². The highest BCUT2D eigenvalue weighted by Gasteiger charge is 2.33. The number of ether oxygens (including phenoxy) is 3. The molecule has 138 valence electrons. The van der Waals surface area contributed by atoms with Gasteiger partial charge in [-0.3, -0.25) is 4.79 Å². The van der Waals surface area contributed by atoms with Gasteiger partial charge in [0.25, 0.3) is 0 Å². The van der Waals surface area contributed by atoms with E-state index in [1.165, 1.54) is 0 Å². The minimum Gasteiger partial charge on any atom is -0.496 e. The van der Waals surface area contributed by atoms with Crippen molar-refractivity contribution in [2.75, 3.05) is 13.7 Å². The van der Waals surface area contributed by atoms with E-state index in [9.17, 15) is 9.59 Å². The van der Waals surface area contributed by atoms with E-state index in [2.05, 4.69) is 5.92 Å². The second-order valence-corrected chi connectivity index (χ2v) is 6.04. The zero-order chi connectivity index (χ0) is 19.3. The maximum absolute atomic E-state index is 12.2. The highest BCUT2D eigenvalue weighted by atomic mass is 16.5. The summed E-state index contributed by atoms with van der Waals surface area (Å²) < 4.78 is 16.4. The lowest BCUT2D eigenvalue weighted by Crippen LogP contribution is -2.09. The number of carbonyl (C=O) groups excluding carboxylic acids is 1. The minimum absolute atomic E-state index is 0.0145. The van der Waals surface area contributed by atoms with Crippen molar-refractivity contribution in [3.63, 3.8) is 0 Å². The first-order valence-electron chi connectivity index (χ1n) is 8.23. The molecule has 26 heavy (non-hydrogen) atoms. The molecule has 6 nitrogen and oxygen atoms in total. The molecule has 0 aromatic heterocycles. The maximum Gasteiger partial charge on any atom is 0.342 e. The molecule has 0 spiro atoms. The summed E-state index contributed by atoms with van der Waals surface area (Å²) in [5, 5.41) is 8.80. The van der Waals surface area contributed by atoms with Crippen molar-refractivity contribution < 1.29 is 28.9 Å². The summed E-state index contributed by atoms with van der Waals surface area (Å²) >= 11 is 0. The number of allylic oxidation sites excluding steroid dienone is 2. The number of carboxylic acids is 1. The van der Waals surface area contributed by atoms with Crippen LogP contribution in [-0.4, -0.2) is 30.8 Å². The lowest BCUT2D eigenvalue weighted by atomic mass is 9.94. The molecule has 1 aliphatic rings. The Labute approximate surface area is 152 Å². The predicted octanol–water partition coefficient (Wildman–Crippen LogP) is 3.04. The largest absolute Gasteiger partial charge is 0.496 e. The van der Waals surface area contributed by atoms with E-state index in [1.807, 2.05) is 19.9 Å². The fraction of sp³-hybridized carbons (Fsp3) is 0.400. The number of fused-ring (bicyclic) bond motifs is 1. The van der Waals surface area contributed by atoms with Gasteiger partial charge in [-0.15, -0.1) is 6.42 Å². The molecule has 1 aliphatic heterocycles. The summed E-state index contributed by atoms with van der Waals surface area (Å²) in [6.45, 7) is 3.93. The Morgan fingerprint density at radius 1 is 1.38 bits per heavy atom. The smallest absolute Gasteiger partial charge is 0.342 e. The molecule has 1 aromatic carbocycles. The third-order valence-corrected chi connectivity index (χ3v) is 4.31. The Kier molecular flexibility index (Phi) is 6.29. The Morgan fingerprint density at radius 2 is 2.12 bits per heavy atom. The average Bonchev–Trinajstić information content (AvgIpc) is 2.99. The van der Waals surface area contributed by atoms with Gasteiger partial charge in [-0.2, -0.15) is 0 Å². The number of carboxylic acid groups (broad SMARTS) is 1. The van der Waals surface area contributed by atoms with Crippen LogP contribution >= 0.6 is 0 Å². The van der Waals surface area contributed by atoms with Crippen molar-refractivity contribution in [3.8, 4) is 23.8 Å². The van der Waals surface area contributed by atoms with Crippen LogP contribution in [0.25, 0.3) is 0 Å². The third-order valence-electron chi connectivity index (χ3n) is 4.31. The summed E-state index contributed by atoms with van der Waals surface area (Å²) in [7, 11) is 1.56. The van der Waals surface area contributed by atoms with Crippen LogP contribution < -0.4 is 9.47 Å². The molecule has 0 bridgehead atoms. The lowest BCUT2D eigenvalue weighted by molar-refractivity contribution is -0.136. The Bertz CT molecular complexity index is 798. The number of methoxy groups -OCH3 is 1. The first-order chi connectivity index (χ1) is 12.4. The number of esters is 1. The second kappa shape index (κ2) is 8.43. The van der Waals surface area contributed by atoms with Crippen molar-refractivity contribution in [3.05, 3.63) is 33.9 Å². The van der Waals surface area contributed by atoms with Crippen molar-refractivity contribution in [1.82, 2.24) is 0 Å². The lowest BCUT2D eigenvalue weighted by Gasteiger charge is -2.18. The molecule has 6 heteroatoms. The number of rotatable bonds is 8. The molecule has 0 amide bonds. The van der Waals surface area contributed by atoms with Gasteiger partial charge >= 0.3 is 11.9 Å². The molecular weight excluding hydrogens is 336 g/mol. The molecule has 0 fully saturated rings. The third kappa shape index (κ3) is 3.99. The summed E-state index contributed by atoms with van der Waals surface area (Å²) in [4.78, 5) is 22.9. The van der Waals surface area contributed by atoms with Crippen LogP contribution in [0.2, 0.25) is 0 Å². The normalized spacial score (nSPS) is 13.0. The molecule has 0 unspecified atom stereocenters. The Balaban J connectivity index is 2.49. The summed E-state index contributed by atoms with van der Waals surface area (Å²) in [6.07, 6.45) is 8.16. The molecule has 1 aromatic rings. The summed E-state index contributed by atoms with van der Waals surface area (Å²) in [5.41, 5.74) is 3.60. The topological polar surface area (TPSA) is 82.1 Å². The van der Waals surface area contributed by atoms with E-state index >= 15 is 0 Å². The molecule has 1 N–H and O–H groups in total. The van der Waals surface area contributed by atoms with Crippen molar-refractivity contribution in [2.24, 2.45) is 0 Å². The van der Waals surface area contributed by atoms with Gasteiger partial charge in [-0.25, -0.2) is 4.79 Å². The molecule has 0 saturated heterocycles. The van der Waals surface area contributed by atoms with Crippen LogP contribution in [-0.2, 0) is 22.6 Å². The van der Waals surface area contributed by atoms with Gasteiger partial charge in [-0.1, -0.05) is 17.6 Å². The van der Waals surface area contributed by atoms with Gasteiger partial charge in [0.15, 0.2) is 0 Å². The van der Waals surface area contributed by atoms with E-state index < -0.39 is 11.9 Å². The summed E-state index contributed by atoms with van der Waals surface area (Å²) in [6, 6.07) is 0.